The van der Waals surface area contributed by atoms with E-state index in [0.717, 1.165) is 13.1 Å². The fourth-order valence-corrected chi connectivity index (χ4v) is 3.90. The maximum absolute atomic E-state index is 12.1. The number of nitriles is 1. The van der Waals surface area contributed by atoms with Crippen LogP contribution in [-0.4, -0.2) is 55.1 Å². The van der Waals surface area contributed by atoms with Gasteiger partial charge in [-0.15, -0.1) is 0 Å². The molecule has 1 aliphatic heterocycles. The predicted molar refractivity (Wildman–Crippen MR) is 64.8 cm³/mol. The lowest BCUT2D eigenvalue weighted by molar-refractivity contribution is 0.180. The smallest absolute Gasteiger partial charge is 0.230 e. The van der Waals surface area contributed by atoms with Crippen LogP contribution in [0.25, 0.3) is 0 Å². The van der Waals surface area contributed by atoms with Gasteiger partial charge in [0, 0.05) is 32.2 Å². The lowest BCUT2D eigenvalue weighted by Gasteiger charge is -2.34. The molecule has 0 bridgehead atoms. The number of piperazine rings is 1. The molecule has 0 spiro atoms. The fourth-order valence-electron chi connectivity index (χ4n) is 2.31. The quantitative estimate of drug-likeness (QED) is 0.731. The Balaban J connectivity index is 1.97. The standard InChI is InChI=1S/C11H19N3O2S/c1-2-11(9-12)17(15,16)14-7-5-13(6-8-14)10-3-4-10/h10-11H,2-8H2,1H3. The highest BCUT2D eigenvalue weighted by Crippen LogP contribution is 2.28. The maximum atomic E-state index is 12.1. The molecule has 2 aliphatic rings. The van der Waals surface area contributed by atoms with Gasteiger partial charge in [0.1, 0.15) is 0 Å². The van der Waals surface area contributed by atoms with Crippen LogP contribution in [0.2, 0.25) is 0 Å². The van der Waals surface area contributed by atoms with Crippen LogP contribution in [0.3, 0.4) is 0 Å². The van der Waals surface area contributed by atoms with Gasteiger partial charge < -0.3 is 0 Å². The molecule has 0 aromatic rings. The van der Waals surface area contributed by atoms with Gasteiger partial charge in [-0.05, 0) is 19.3 Å². The number of hydrogen-bond acceptors (Lipinski definition) is 4. The Labute approximate surface area is 103 Å². The summed E-state index contributed by atoms with van der Waals surface area (Å²) in [4.78, 5) is 2.36. The molecule has 0 amide bonds. The summed E-state index contributed by atoms with van der Waals surface area (Å²) in [7, 11) is -3.41. The van der Waals surface area contributed by atoms with E-state index in [9.17, 15) is 8.42 Å². The second-order valence-electron chi connectivity index (χ2n) is 4.74. The van der Waals surface area contributed by atoms with Crippen molar-refractivity contribution in [1.82, 2.24) is 9.21 Å². The van der Waals surface area contributed by atoms with Crippen LogP contribution in [0.1, 0.15) is 26.2 Å². The van der Waals surface area contributed by atoms with Crippen LogP contribution >= 0.6 is 0 Å². The van der Waals surface area contributed by atoms with Gasteiger partial charge in [0.05, 0.1) is 6.07 Å². The predicted octanol–water partition coefficient (Wildman–Crippen LogP) is 0.398. The highest BCUT2D eigenvalue weighted by atomic mass is 32.2. The van der Waals surface area contributed by atoms with Crippen molar-refractivity contribution in [2.75, 3.05) is 26.2 Å². The van der Waals surface area contributed by atoms with E-state index in [4.69, 9.17) is 5.26 Å². The summed E-state index contributed by atoms with van der Waals surface area (Å²) in [6.07, 6.45) is 2.87. The van der Waals surface area contributed by atoms with Gasteiger partial charge in [-0.25, -0.2) is 8.42 Å². The summed E-state index contributed by atoms with van der Waals surface area (Å²) < 4.78 is 25.7. The lowest BCUT2D eigenvalue weighted by Crippen LogP contribution is -2.51. The van der Waals surface area contributed by atoms with Crippen LogP contribution in [0, 0.1) is 11.3 Å². The molecule has 6 heteroatoms. The van der Waals surface area contributed by atoms with Crippen LogP contribution in [0.4, 0.5) is 0 Å². The van der Waals surface area contributed by atoms with Crippen molar-refractivity contribution in [3.8, 4) is 6.07 Å². The third-order valence-electron chi connectivity index (χ3n) is 3.57. The Bertz CT molecular complexity index is 403. The topological polar surface area (TPSA) is 64.4 Å². The third-order valence-corrected chi connectivity index (χ3v) is 5.81. The molecule has 17 heavy (non-hydrogen) atoms. The number of nitrogens with zero attached hydrogens (tertiary/aromatic N) is 3. The Morgan fingerprint density at radius 1 is 1.29 bits per heavy atom. The molecule has 1 saturated heterocycles. The van der Waals surface area contributed by atoms with E-state index < -0.39 is 15.3 Å². The molecular weight excluding hydrogens is 238 g/mol. The molecule has 2 rings (SSSR count). The zero-order valence-electron chi connectivity index (χ0n) is 10.2. The number of rotatable bonds is 4. The van der Waals surface area contributed by atoms with E-state index in [0.29, 0.717) is 25.6 Å². The van der Waals surface area contributed by atoms with Crippen molar-refractivity contribution in [3.63, 3.8) is 0 Å². The maximum Gasteiger partial charge on any atom is 0.230 e. The van der Waals surface area contributed by atoms with E-state index in [1.807, 2.05) is 6.07 Å². The molecule has 1 heterocycles. The molecule has 2 fully saturated rings. The first-order chi connectivity index (χ1) is 8.09. The lowest BCUT2D eigenvalue weighted by atomic mass is 10.3. The normalized spacial score (nSPS) is 25.4. The van der Waals surface area contributed by atoms with E-state index in [2.05, 4.69) is 4.90 Å². The molecule has 1 unspecified atom stereocenters. The van der Waals surface area contributed by atoms with Crippen molar-refractivity contribution in [2.45, 2.75) is 37.5 Å². The molecule has 0 radical (unpaired) electrons. The van der Waals surface area contributed by atoms with Crippen molar-refractivity contribution < 1.29 is 8.42 Å². The van der Waals surface area contributed by atoms with Gasteiger partial charge in [-0.3, -0.25) is 4.90 Å². The summed E-state index contributed by atoms with van der Waals surface area (Å²) in [5.41, 5.74) is 0. The Kier molecular flexibility index (Phi) is 3.71. The Morgan fingerprint density at radius 3 is 2.29 bits per heavy atom. The van der Waals surface area contributed by atoms with Crippen molar-refractivity contribution in [3.05, 3.63) is 0 Å². The van der Waals surface area contributed by atoms with Gasteiger partial charge in [0.25, 0.3) is 0 Å². The minimum Gasteiger partial charge on any atom is -0.298 e. The summed E-state index contributed by atoms with van der Waals surface area (Å²) in [5.74, 6) is 0. The molecule has 0 N–H and O–H groups in total. The molecular formula is C11H19N3O2S. The van der Waals surface area contributed by atoms with Crippen molar-refractivity contribution in [1.29, 1.82) is 5.26 Å². The average molecular weight is 257 g/mol. The number of sulfonamides is 1. The number of hydrogen-bond donors (Lipinski definition) is 0. The summed E-state index contributed by atoms with van der Waals surface area (Å²) in [6, 6.07) is 2.58. The summed E-state index contributed by atoms with van der Waals surface area (Å²) >= 11 is 0. The third kappa shape index (κ3) is 2.62. The summed E-state index contributed by atoms with van der Waals surface area (Å²) in [6.45, 7) is 4.44. The van der Waals surface area contributed by atoms with Gasteiger partial charge in [-0.2, -0.15) is 9.57 Å². The van der Waals surface area contributed by atoms with E-state index in [1.165, 1.54) is 17.1 Å². The van der Waals surface area contributed by atoms with Gasteiger partial charge >= 0.3 is 0 Å². The minimum absolute atomic E-state index is 0.363. The second kappa shape index (κ2) is 4.92. The first kappa shape index (κ1) is 12.8. The highest BCUT2D eigenvalue weighted by Gasteiger charge is 2.36. The van der Waals surface area contributed by atoms with Crippen LogP contribution in [-0.2, 0) is 10.0 Å². The van der Waals surface area contributed by atoms with E-state index in [-0.39, 0.29) is 0 Å². The highest BCUT2D eigenvalue weighted by molar-refractivity contribution is 7.90. The first-order valence-electron chi connectivity index (χ1n) is 6.22. The fraction of sp³-hybridized carbons (Fsp3) is 0.909. The zero-order valence-corrected chi connectivity index (χ0v) is 11.0. The van der Waals surface area contributed by atoms with Gasteiger partial charge in [0.2, 0.25) is 10.0 Å². The molecule has 1 atom stereocenters. The second-order valence-corrected chi connectivity index (χ2v) is 6.85. The first-order valence-corrected chi connectivity index (χ1v) is 7.72. The van der Waals surface area contributed by atoms with E-state index >= 15 is 0 Å². The molecule has 96 valence electrons. The zero-order chi connectivity index (χ0) is 12.5. The molecule has 0 aromatic heterocycles. The molecule has 0 aromatic carbocycles. The van der Waals surface area contributed by atoms with Gasteiger partial charge in [0.15, 0.2) is 5.25 Å². The molecule has 1 saturated carbocycles. The molecule has 5 nitrogen and oxygen atoms in total. The van der Waals surface area contributed by atoms with E-state index in [1.54, 1.807) is 6.92 Å². The monoisotopic (exact) mass is 257 g/mol. The SMILES string of the molecule is CCC(C#N)S(=O)(=O)N1CCN(C2CC2)CC1. The van der Waals surface area contributed by atoms with Crippen LogP contribution < -0.4 is 0 Å². The Morgan fingerprint density at radius 2 is 1.88 bits per heavy atom. The molecule has 1 aliphatic carbocycles. The minimum atomic E-state index is -3.41. The largest absolute Gasteiger partial charge is 0.298 e. The summed E-state index contributed by atoms with van der Waals surface area (Å²) in [5, 5.41) is 8.00. The van der Waals surface area contributed by atoms with Crippen molar-refractivity contribution in [2.24, 2.45) is 0 Å². The van der Waals surface area contributed by atoms with Crippen LogP contribution in [0.15, 0.2) is 0 Å². The van der Waals surface area contributed by atoms with Crippen LogP contribution in [0.5, 0.6) is 0 Å². The van der Waals surface area contributed by atoms with Crippen molar-refractivity contribution >= 4 is 10.0 Å². The average Bonchev–Trinajstić information content (AvgIpc) is 3.14. The van der Waals surface area contributed by atoms with Gasteiger partial charge in [-0.1, -0.05) is 6.92 Å². The Hall–Kier alpha value is -0.640.